The molecule has 8 aromatic rings. The molecule has 0 fully saturated rings. The van der Waals surface area contributed by atoms with Crippen molar-refractivity contribution in [1.29, 1.82) is 0 Å². The number of fused-ring (bicyclic) bond motifs is 6. The van der Waals surface area contributed by atoms with Crippen molar-refractivity contribution in [3.05, 3.63) is 210 Å². The molecule has 10 rings (SSSR count). The van der Waals surface area contributed by atoms with Crippen molar-refractivity contribution < 1.29 is 0 Å². The summed E-state index contributed by atoms with van der Waals surface area (Å²) in [7, 11) is -2.71. The van der Waals surface area contributed by atoms with Gasteiger partial charge in [-0.15, -0.1) is 0 Å². The third-order valence-electron chi connectivity index (χ3n) is 12.3. The lowest BCUT2D eigenvalue weighted by Crippen LogP contribution is -2.72. The molecule has 2 aliphatic rings. The first kappa shape index (κ1) is 33.4. The summed E-state index contributed by atoms with van der Waals surface area (Å²) < 4.78 is 0. The lowest BCUT2D eigenvalue weighted by Gasteiger charge is -2.34. The Morgan fingerprint density at radius 3 is 1.62 bits per heavy atom. The molecular weight excluding hydrogens is 679 g/mol. The summed E-state index contributed by atoms with van der Waals surface area (Å²) in [5, 5.41) is 5.74. The SMILES string of the molecule is Cc1cc(N(c2ccc(-c3ccccc3)c(C)c2)c2ccc3c(c2)C(C)(C)c2ccccc2-3)cc([Si]2(c3ccccc3)c3ccccc3-c3ccccc32)c1. The van der Waals surface area contributed by atoms with E-state index < -0.39 is 8.07 Å². The van der Waals surface area contributed by atoms with Crippen LogP contribution in [0, 0.1) is 13.8 Å². The van der Waals surface area contributed by atoms with Gasteiger partial charge >= 0.3 is 0 Å². The van der Waals surface area contributed by atoms with Gasteiger partial charge in [-0.1, -0.05) is 166 Å². The third-order valence-corrected chi connectivity index (χ3v) is 17.1. The Hall–Kier alpha value is -6.22. The highest BCUT2D eigenvalue weighted by Crippen LogP contribution is 2.50. The van der Waals surface area contributed by atoms with Gasteiger partial charge in [0.1, 0.15) is 0 Å². The van der Waals surface area contributed by atoms with Crippen molar-refractivity contribution >= 4 is 45.9 Å². The molecule has 0 spiro atoms. The second-order valence-corrected chi connectivity index (χ2v) is 19.6. The molecule has 1 aliphatic heterocycles. The van der Waals surface area contributed by atoms with Gasteiger partial charge in [-0.25, -0.2) is 0 Å². The Balaban J connectivity index is 1.23. The van der Waals surface area contributed by atoms with Crippen LogP contribution in [0.1, 0.15) is 36.1 Å². The quantitative estimate of drug-likeness (QED) is 0.155. The van der Waals surface area contributed by atoms with E-state index in [-0.39, 0.29) is 5.41 Å². The standard InChI is InChI=1S/C53H43NSi/c1-36-31-41(34-43(32-36)55(42-19-9-6-10-20-42)51-25-15-12-22-47(51)48-23-13-16-26-52(48)55)54(39-27-29-44(37(2)33-39)38-17-7-5-8-18-38)40-28-30-46-45-21-11-14-24-49(45)53(3,4)50(46)35-40/h5-35H,1-4H3. The lowest BCUT2D eigenvalue weighted by atomic mass is 9.82. The molecule has 0 saturated carbocycles. The van der Waals surface area contributed by atoms with E-state index in [4.69, 9.17) is 0 Å². The van der Waals surface area contributed by atoms with Crippen molar-refractivity contribution in [3.8, 4) is 33.4 Å². The fourth-order valence-electron chi connectivity index (χ4n) is 9.83. The molecular formula is C53H43NSi. The van der Waals surface area contributed by atoms with Crippen molar-refractivity contribution in [2.24, 2.45) is 0 Å². The average molecular weight is 722 g/mol. The topological polar surface area (TPSA) is 3.24 Å². The third kappa shape index (κ3) is 5.05. The van der Waals surface area contributed by atoms with Crippen LogP contribution in [0.4, 0.5) is 17.1 Å². The smallest absolute Gasteiger partial charge is 0.180 e. The molecule has 2 heteroatoms. The molecule has 8 aromatic carbocycles. The van der Waals surface area contributed by atoms with E-state index in [1.54, 1.807) is 0 Å². The molecule has 264 valence electrons. The van der Waals surface area contributed by atoms with Crippen molar-refractivity contribution in [2.45, 2.75) is 33.1 Å². The van der Waals surface area contributed by atoms with E-state index >= 15 is 0 Å². The van der Waals surface area contributed by atoms with E-state index in [2.05, 4.69) is 221 Å². The van der Waals surface area contributed by atoms with Crippen LogP contribution >= 0.6 is 0 Å². The fourth-order valence-corrected chi connectivity index (χ4v) is 15.1. The summed E-state index contributed by atoms with van der Waals surface area (Å²) in [6, 6.07) is 70.9. The molecule has 0 saturated heterocycles. The molecule has 1 nitrogen and oxygen atoms in total. The number of hydrogen-bond acceptors (Lipinski definition) is 1. The monoisotopic (exact) mass is 721 g/mol. The highest BCUT2D eigenvalue weighted by Gasteiger charge is 2.48. The zero-order valence-corrected chi connectivity index (χ0v) is 32.8. The van der Waals surface area contributed by atoms with Crippen molar-refractivity contribution in [3.63, 3.8) is 0 Å². The summed E-state index contributed by atoms with van der Waals surface area (Å²) in [4.78, 5) is 2.51. The maximum Gasteiger partial charge on any atom is 0.180 e. The minimum atomic E-state index is -2.71. The predicted octanol–water partition coefficient (Wildman–Crippen LogP) is 11.1. The number of benzene rings is 8. The van der Waals surface area contributed by atoms with Gasteiger partial charge in [0.05, 0.1) is 0 Å². The molecule has 55 heavy (non-hydrogen) atoms. The van der Waals surface area contributed by atoms with Gasteiger partial charge in [-0.3, -0.25) is 0 Å². The summed E-state index contributed by atoms with van der Waals surface area (Å²) in [6.45, 7) is 9.27. The molecule has 0 bridgehead atoms. The number of anilines is 3. The van der Waals surface area contributed by atoms with E-state index in [0.29, 0.717) is 0 Å². The van der Waals surface area contributed by atoms with Gasteiger partial charge in [-0.2, -0.15) is 0 Å². The Morgan fingerprint density at radius 1 is 0.400 bits per heavy atom. The predicted molar refractivity (Wildman–Crippen MR) is 236 cm³/mol. The van der Waals surface area contributed by atoms with Crippen LogP contribution in [-0.2, 0) is 5.41 Å². The second kappa shape index (κ2) is 12.7. The minimum absolute atomic E-state index is 0.111. The average Bonchev–Trinajstić information content (AvgIpc) is 3.64. The van der Waals surface area contributed by atoms with Crippen LogP contribution < -0.4 is 25.6 Å². The van der Waals surface area contributed by atoms with Gasteiger partial charge in [0.15, 0.2) is 8.07 Å². The maximum absolute atomic E-state index is 2.71. The minimum Gasteiger partial charge on any atom is -0.310 e. The second-order valence-electron chi connectivity index (χ2n) is 15.9. The van der Waals surface area contributed by atoms with E-state index in [9.17, 15) is 0 Å². The van der Waals surface area contributed by atoms with Gasteiger partial charge in [0.2, 0.25) is 0 Å². The zero-order chi connectivity index (χ0) is 37.3. The van der Waals surface area contributed by atoms with E-state index in [0.717, 1.165) is 5.69 Å². The van der Waals surface area contributed by atoms with Crippen molar-refractivity contribution in [1.82, 2.24) is 0 Å². The van der Waals surface area contributed by atoms with Crippen LogP contribution in [0.15, 0.2) is 188 Å². The molecule has 1 aliphatic carbocycles. The molecule has 0 N–H and O–H groups in total. The highest BCUT2D eigenvalue weighted by molar-refractivity contribution is 7.22. The van der Waals surface area contributed by atoms with E-state index in [1.807, 2.05) is 0 Å². The Bertz CT molecular complexity index is 2720. The fraction of sp³-hybridized carbons (Fsp3) is 0.0943. The maximum atomic E-state index is 2.53. The largest absolute Gasteiger partial charge is 0.310 e. The number of rotatable bonds is 6. The molecule has 0 aromatic heterocycles. The van der Waals surface area contributed by atoms with Gasteiger partial charge in [0, 0.05) is 22.5 Å². The first-order valence-electron chi connectivity index (χ1n) is 19.4. The summed E-state index contributed by atoms with van der Waals surface area (Å²) in [6.07, 6.45) is 0. The highest BCUT2D eigenvalue weighted by atomic mass is 28.3. The summed E-state index contributed by atoms with van der Waals surface area (Å²) in [5.41, 5.74) is 16.6. The van der Waals surface area contributed by atoms with Gasteiger partial charge < -0.3 is 4.90 Å². The first-order valence-corrected chi connectivity index (χ1v) is 21.4. The Morgan fingerprint density at radius 2 is 0.945 bits per heavy atom. The van der Waals surface area contributed by atoms with Crippen LogP contribution in [0.2, 0.25) is 0 Å². The molecule has 0 amide bonds. The zero-order valence-electron chi connectivity index (χ0n) is 31.8. The lowest BCUT2D eigenvalue weighted by molar-refractivity contribution is 0.660. The number of hydrogen-bond donors (Lipinski definition) is 0. The number of aryl methyl sites for hydroxylation is 2. The Labute approximate surface area is 326 Å². The van der Waals surface area contributed by atoms with Crippen LogP contribution in [-0.4, -0.2) is 8.07 Å². The molecule has 0 unspecified atom stereocenters. The van der Waals surface area contributed by atoms with Gasteiger partial charge in [0.25, 0.3) is 0 Å². The van der Waals surface area contributed by atoms with Crippen LogP contribution in [0.25, 0.3) is 33.4 Å². The number of nitrogens with zero attached hydrogens (tertiary/aromatic N) is 1. The van der Waals surface area contributed by atoms with Crippen molar-refractivity contribution in [2.75, 3.05) is 4.90 Å². The van der Waals surface area contributed by atoms with Gasteiger partial charge in [-0.05, 0) is 127 Å². The molecule has 0 atom stereocenters. The summed E-state index contributed by atoms with van der Waals surface area (Å²) >= 11 is 0. The van der Waals surface area contributed by atoms with Crippen LogP contribution in [0.5, 0.6) is 0 Å². The first-order chi connectivity index (χ1) is 26.9. The van der Waals surface area contributed by atoms with Crippen LogP contribution in [0.3, 0.4) is 0 Å². The Kier molecular flexibility index (Phi) is 7.69. The van der Waals surface area contributed by atoms with E-state index in [1.165, 1.54) is 87.8 Å². The molecule has 0 radical (unpaired) electrons. The molecule has 1 heterocycles. The summed E-state index contributed by atoms with van der Waals surface area (Å²) in [5.74, 6) is 0. The normalized spacial score (nSPS) is 14.1.